The number of fused-ring (bicyclic) bond motifs is 2. The molecule has 44 heavy (non-hydrogen) atoms. The minimum absolute atomic E-state index is 0.112. The number of hydrogen-bond donors (Lipinski definition) is 0. The fourth-order valence-electron chi connectivity index (χ4n) is 5.96. The minimum Gasteiger partial charge on any atom is -0.287 e. The molecule has 5 nitrogen and oxygen atoms in total. The number of nitriles is 2. The Morgan fingerprint density at radius 2 is 0.886 bits per heavy atom. The van der Waals surface area contributed by atoms with Gasteiger partial charge in [-0.05, 0) is 69.1 Å². The molecule has 0 amide bonds. The lowest BCUT2D eigenvalue weighted by Gasteiger charge is -2.13. The topological polar surface area (TPSA) is 74.5 Å². The first-order chi connectivity index (χ1) is 21.6. The molecule has 0 bridgehead atoms. The number of nitrogens with zero attached hydrogens (tertiary/aromatic N) is 4. The van der Waals surface area contributed by atoms with Crippen LogP contribution in [0.4, 0.5) is 0 Å². The molecule has 0 N–H and O–H groups in total. The van der Waals surface area contributed by atoms with Gasteiger partial charge >= 0.3 is 5.69 Å². The molecular weight excluding hydrogens is 540 g/mol. The molecule has 0 atom stereocenters. The predicted molar refractivity (Wildman–Crippen MR) is 175 cm³/mol. The van der Waals surface area contributed by atoms with Crippen LogP contribution >= 0.6 is 0 Å². The molecule has 208 valence electrons. The first kappa shape index (κ1) is 26.7. The van der Waals surface area contributed by atoms with Gasteiger partial charge in [0.1, 0.15) is 0 Å². The zero-order valence-electron chi connectivity index (χ0n) is 23.8. The number of aromatic nitrogens is 2. The van der Waals surface area contributed by atoms with Crippen LogP contribution in [-0.4, -0.2) is 9.13 Å². The summed E-state index contributed by atoms with van der Waals surface area (Å²) in [7, 11) is 0. The van der Waals surface area contributed by atoms with Crippen LogP contribution in [0.1, 0.15) is 22.3 Å². The molecule has 0 saturated heterocycles. The van der Waals surface area contributed by atoms with E-state index in [2.05, 4.69) is 24.3 Å². The van der Waals surface area contributed by atoms with Crippen LogP contribution < -0.4 is 5.69 Å². The summed E-state index contributed by atoms with van der Waals surface area (Å²) in [5, 5.41) is 22.9. The lowest BCUT2D eigenvalue weighted by molar-refractivity contribution is 0.690. The summed E-state index contributed by atoms with van der Waals surface area (Å²) in [5.41, 5.74) is 6.63. The number of imidazole rings is 1. The van der Waals surface area contributed by atoms with E-state index in [1.807, 2.05) is 130 Å². The highest BCUT2D eigenvalue weighted by Crippen LogP contribution is 2.33. The molecule has 6 aromatic carbocycles. The fourth-order valence-corrected chi connectivity index (χ4v) is 5.96. The molecular formula is C39H26N4O. The minimum atomic E-state index is -0.112. The van der Waals surface area contributed by atoms with Crippen LogP contribution in [0.3, 0.4) is 0 Å². The van der Waals surface area contributed by atoms with Crippen LogP contribution in [0.25, 0.3) is 44.1 Å². The van der Waals surface area contributed by atoms with E-state index in [9.17, 15) is 15.3 Å². The van der Waals surface area contributed by atoms with Gasteiger partial charge in [0.2, 0.25) is 0 Å². The van der Waals surface area contributed by atoms with Gasteiger partial charge in [-0.25, -0.2) is 4.79 Å². The van der Waals surface area contributed by atoms with Gasteiger partial charge < -0.3 is 0 Å². The van der Waals surface area contributed by atoms with Crippen LogP contribution in [0.15, 0.2) is 138 Å². The lowest BCUT2D eigenvalue weighted by Crippen LogP contribution is -2.26. The summed E-state index contributed by atoms with van der Waals surface area (Å²) in [6.07, 6.45) is 0. The molecule has 0 fully saturated rings. The monoisotopic (exact) mass is 566 g/mol. The first-order valence-corrected chi connectivity index (χ1v) is 14.4. The Morgan fingerprint density at radius 3 is 1.30 bits per heavy atom. The Labute approximate surface area is 254 Å². The zero-order chi connectivity index (χ0) is 30.0. The van der Waals surface area contributed by atoms with E-state index >= 15 is 0 Å². The third kappa shape index (κ3) is 4.94. The van der Waals surface area contributed by atoms with Gasteiger partial charge in [-0.3, -0.25) is 9.13 Å². The first-order valence-electron chi connectivity index (χ1n) is 14.4. The third-order valence-corrected chi connectivity index (χ3v) is 8.07. The van der Waals surface area contributed by atoms with E-state index in [4.69, 9.17) is 0 Å². The second-order valence-corrected chi connectivity index (χ2v) is 10.9. The fraction of sp³-hybridized carbons (Fsp3) is 0.0513. The Bertz CT molecular complexity index is 2150. The molecule has 7 rings (SSSR count). The highest BCUT2D eigenvalue weighted by Gasteiger charge is 2.23. The molecule has 0 aliphatic rings. The largest absolute Gasteiger partial charge is 0.329 e. The maximum Gasteiger partial charge on any atom is 0.329 e. The van der Waals surface area contributed by atoms with Crippen molar-refractivity contribution in [3.05, 3.63) is 166 Å². The second-order valence-electron chi connectivity index (χ2n) is 10.9. The summed E-state index contributed by atoms with van der Waals surface area (Å²) in [4.78, 5) is 14.5. The SMILES string of the molecule is N#Cc1ccc2ccc(Cn3c(-c4ccccc4)c(-c4ccccc4)n(Cc4ccc5ccc(C#N)cc5c4)c3=O)cc2c1. The van der Waals surface area contributed by atoms with Crippen LogP contribution in [0.2, 0.25) is 0 Å². The molecule has 0 radical (unpaired) electrons. The second kappa shape index (κ2) is 11.2. The summed E-state index contributed by atoms with van der Waals surface area (Å²) < 4.78 is 3.73. The Hall–Kier alpha value is -6.17. The van der Waals surface area contributed by atoms with Gasteiger partial charge in [0.15, 0.2) is 0 Å². The molecule has 0 aliphatic heterocycles. The van der Waals surface area contributed by atoms with Crippen molar-refractivity contribution in [3.63, 3.8) is 0 Å². The molecule has 0 spiro atoms. The summed E-state index contributed by atoms with van der Waals surface area (Å²) in [6, 6.07) is 48.2. The zero-order valence-corrected chi connectivity index (χ0v) is 23.8. The highest BCUT2D eigenvalue weighted by atomic mass is 16.1. The van der Waals surface area contributed by atoms with Crippen LogP contribution in [0.5, 0.6) is 0 Å². The van der Waals surface area contributed by atoms with Crippen molar-refractivity contribution in [2.24, 2.45) is 0 Å². The highest BCUT2D eigenvalue weighted by molar-refractivity contribution is 5.86. The van der Waals surface area contributed by atoms with Crippen molar-refractivity contribution in [1.29, 1.82) is 10.5 Å². The summed E-state index contributed by atoms with van der Waals surface area (Å²) in [6.45, 7) is 0.734. The number of rotatable bonds is 6. The van der Waals surface area contributed by atoms with Crippen molar-refractivity contribution in [3.8, 4) is 34.7 Å². The van der Waals surface area contributed by atoms with Crippen molar-refractivity contribution in [2.45, 2.75) is 13.1 Å². The maximum atomic E-state index is 14.5. The van der Waals surface area contributed by atoms with Gasteiger partial charge in [-0.2, -0.15) is 10.5 Å². The van der Waals surface area contributed by atoms with Crippen molar-refractivity contribution in [1.82, 2.24) is 9.13 Å². The molecule has 0 unspecified atom stereocenters. The van der Waals surface area contributed by atoms with Gasteiger partial charge in [-0.15, -0.1) is 0 Å². The Balaban J connectivity index is 1.43. The molecule has 1 aromatic heterocycles. The standard InChI is InChI=1S/C39H26N4O/c40-23-27-11-15-31-17-13-29(21-35(31)19-27)25-42-37(33-7-3-1-4-8-33)38(34-9-5-2-6-10-34)43(39(42)44)26-30-14-18-32-16-12-28(24-41)20-36(32)22-30/h1-22H,25-26H2. The van der Waals surface area contributed by atoms with Gasteiger partial charge in [0.25, 0.3) is 0 Å². The predicted octanol–water partition coefficient (Wildman–Crippen LogP) is 8.13. The van der Waals surface area contributed by atoms with Crippen molar-refractivity contribution in [2.75, 3.05) is 0 Å². The van der Waals surface area contributed by atoms with E-state index in [0.717, 1.165) is 55.2 Å². The third-order valence-electron chi connectivity index (χ3n) is 8.07. The molecule has 7 aromatic rings. The van der Waals surface area contributed by atoms with Crippen molar-refractivity contribution >= 4 is 21.5 Å². The summed E-state index contributed by atoms with van der Waals surface area (Å²) >= 11 is 0. The molecule has 5 heteroatoms. The lowest BCUT2D eigenvalue weighted by atomic mass is 10.0. The number of benzene rings is 6. The summed E-state index contributed by atoms with van der Waals surface area (Å²) in [5.74, 6) is 0. The average molecular weight is 567 g/mol. The van der Waals surface area contributed by atoms with E-state index in [1.165, 1.54) is 0 Å². The quantitative estimate of drug-likeness (QED) is 0.204. The smallest absolute Gasteiger partial charge is 0.287 e. The van der Waals surface area contributed by atoms with Gasteiger partial charge in [0, 0.05) is 11.1 Å². The van der Waals surface area contributed by atoms with E-state index in [-0.39, 0.29) is 5.69 Å². The average Bonchev–Trinajstić information content (AvgIpc) is 3.34. The molecule has 0 saturated carbocycles. The Kier molecular flexibility index (Phi) is 6.83. The van der Waals surface area contributed by atoms with Crippen LogP contribution in [0, 0.1) is 22.7 Å². The normalized spacial score (nSPS) is 11.0. The Morgan fingerprint density at radius 1 is 0.477 bits per heavy atom. The van der Waals surface area contributed by atoms with E-state index < -0.39 is 0 Å². The maximum absolute atomic E-state index is 14.5. The van der Waals surface area contributed by atoms with Crippen LogP contribution in [-0.2, 0) is 13.1 Å². The molecule has 1 heterocycles. The number of hydrogen-bond acceptors (Lipinski definition) is 3. The van der Waals surface area contributed by atoms with Gasteiger partial charge in [0.05, 0.1) is 47.7 Å². The van der Waals surface area contributed by atoms with E-state index in [1.54, 1.807) is 0 Å². The molecule has 0 aliphatic carbocycles. The van der Waals surface area contributed by atoms with Gasteiger partial charge in [-0.1, -0.05) is 97.1 Å². The van der Waals surface area contributed by atoms with Crippen molar-refractivity contribution < 1.29 is 0 Å². The van der Waals surface area contributed by atoms with E-state index in [0.29, 0.717) is 24.2 Å².